The van der Waals surface area contributed by atoms with Crippen LogP contribution in [0.4, 0.5) is 0 Å². The molecule has 0 saturated heterocycles. The number of phenols is 1. The van der Waals surface area contributed by atoms with Gasteiger partial charge in [-0.3, -0.25) is 0 Å². The van der Waals surface area contributed by atoms with Crippen LogP contribution in [0, 0.1) is 0 Å². The zero-order valence-corrected chi connectivity index (χ0v) is 11.5. The van der Waals surface area contributed by atoms with Crippen LogP contribution in [-0.2, 0) is 6.54 Å². The summed E-state index contributed by atoms with van der Waals surface area (Å²) in [7, 11) is 1.59. The summed E-state index contributed by atoms with van der Waals surface area (Å²) >= 11 is 1.87. The van der Waals surface area contributed by atoms with E-state index in [1.807, 2.05) is 23.9 Å². The molecule has 3 nitrogen and oxygen atoms in total. The van der Waals surface area contributed by atoms with Crippen molar-refractivity contribution in [1.82, 2.24) is 5.32 Å². The van der Waals surface area contributed by atoms with E-state index in [1.54, 1.807) is 13.2 Å². The highest BCUT2D eigenvalue weighted by Crippen LogP contribution is 2.23. The van der Waals surface area contributed by atoms with Crippen molar-refractivity contribution in [2.45, 2.75) is 25.1 Å². The molecule has 0 saturated carbocycles. The van der Waals surface area contributed by atoms with Gasteiger partial charge in [0.05, 0.1) is 7.11 Å². The van der Waals surface area contributed by atoms with Crippen LogP contribution in [0.1, 0.15) is 18.9 Å². The second-order valence-electron chi connectivity index (χ2n) is 4.01. The third-order valence-corrected chi connectivity index (χ3v) is 3.78. The molecule has 4 heteroatoms. The fourth-order valence-electron chi connectivity index (χ4n) is 1.47. The van der Waals surface area contributed by atoms with E-state index >= 15 is 0 Å². The molecule has 2 N–H and O–H groups in total. The van der Waals surface area contributed by atoms with Crippen LogP contribution in [0.2, 0.25) is 0 Å². The first-order chi connectivity index (χ1) is 8.17. The lowest BCUT2D eigenvalue weighted by molar-refractivity contribution is 0.406. The van der Waals surface area contributed by atoms with Crippen LogP contribution in [0.15, 0.2) is 18.2 Å². The number of hydrogen-bond donors (Lipinski definition) is 2. The minimum absolute atomic E-state index is 0.287. The lowest BCUT2D eigenvalue weighted by Gasteiger charge is -2.10. The molecule has 0 aliphatic heterocycles. The zero-order chi connectivity index (χ0) is 12.7. The van der Waals surface area contributed by atoms with Gasteiger partial charge in [0.25, 0.3) is 0 Å². The Morgan fingerprint density at radius 3 is 2.82 bits per heavy atom. The predicted molar refractivity (Wildman–Crippen MR) is 74.0 cm³/mol. The maximum atomic E-state index is 9.75. The van der Waals surface area contributed by atoms with Gasteiger partial charge in [0, 0.05) is 23.4 Å². The van der Waals surface area contributed by atoms with E-state index in [9.17, 15) is 5.11 Å². The van der Waals surface area contributed by atoms with Crippen molar-refractivity contribution in [1.29, 1.82) is 0 Å². The molecular formula is C13H21NO2S. The number of thioether (sulfide) groups is 1. The number of rotatable bonds is 7. The van der Waals surface area contributed by atoms with Crippen LogP contribution in [0.25, 0.3) is 0 Å². The van der Waals surface area contributed by atoms with Gasteiger partial charge in [0.2, 0.25) is 0 Å². The Hall–Kier alpha value is -0.870. The molecule has 0 heterocycles. The van der Waals surface area contributed by atoms with Crippen LogP contribution >= 0.6 is 11.8 Å². The first-order valence-electron chi connectivity index (χ1n) is 5.76. The highest BCUT2D eigenvalue weighted by Gasteiger charge is 2.03. The van der Waals surface area contributed by atoms with Crippen LogP contribution in [-0.4, -0.2) is 30.3 Å². The molecular weight excluding hydrogens is 234 g/mol. The normalized spacial score (nSPS) is 12.4. The van der Waals surface area contributed by atoms with Gasteiger partial charge in [0.1, 0.15) is 11.5 Å². The van der Waals surface area contributed by atoms with Crippen LogP contribution in [0.5, 0.6) is 11.5 Å². The predicted octanol–water partition coefficient (Wildman–Crippen LogP) is 2.63. The number of phenolic OH excluding ortho intramolecular Hbond substituents is 1. The first kappa shape index (κ1) is 14.2. The Balaban J connectivity index is 2.36. The Kier molecular flexibility index (Phi) is 6.22. The second kappa shape index (κ2) is 7.45. The molecule has 0 fully saturated rings. The molecule has 1 aromatic carbocycles. The Morgan fingerprint density at radius 2 is 2.24 bits per heavy atom. The molecule has 0 aliphatic rings. The maximum absolute atomic E-state index is 9.75. The van der Waals surface area contributed by atoms with E-state index in [0.717, 1.165) is 18.5 Å². The Bertz CT molecular complexity index is 344. The Labute approximate surface area is 108 Å². The highest BCUT2D eigenvalue weighted by molar-refractivity contribution is 7.99. The smallest absolute Gasteiger partial charge is 0.123 e. The van der Waals surface area contributed by atoms with Gasteiger partial charge >= 0.3 is 0 Å². The molecule has 0 spiro atoms. The average Bonchev–Trinajstić information content (AvgIpc) is 2.35. The number of ether oxygens (including phenoxy) is 1. The number of hydrogen-bond acceptors (Lipinski definition) is 4. The summed E-state index contributed by atoms with van der Waals surface area (Å²) < 4.78 is 5.04. The third kappa shape index (κ3) is 4.88. The van der Waals surface area contributed by atoms with Crippen molar-refractivity contribution in [3.63, 3.8) is 0 Å². The van der Waals surface area contributed by atoms with E-state index in [2.05, 4.69) is 18.5 Å². The van der Waals surface area contributed by atoms with Crippen molar-refractivity contribution < 1.29 is 9.84 Å². The van der Waals surface area contributed by atoms with E-state index in [1.165, 1.54) is 0 Å². The lowest BCUT2D eigenvalue weighted by Crippen LogP contribution is -2.17. The van der Waals surface area contributed by atoms with Gasteiger partial charge in [-0.1, -0.05) is 13.0 Å². The van der Waals surface area contributed by atoms with Crippen LogP contribution in [0.3, 0.4) is 0 Å². The van der Waals surface area contributed by atoms with E-state index < -0.39 is 0 Å². The number of nitrogens with one attached hydrogen (secondary N) is 1. The molecule has 1 rings (SSSR count). The summed E-state index contributed by atoms with van der Waals surface area (Å²) in [6.07, 6.45) is 3.26. The van der Waals surface area contributed by atoms with Crippen molar-refractivity contribution >= 4 is 11.8 Å². The molecule has 17 heavy (non-hydrogen) atoms. The number of methoxy groups -OCH3 is 1. The fourth-order valence-corrected chi connectivity index (χ4v) is 1.82. The summed E-state index contributed by atoms with van der Waals surface area (Å²) in [6, 6.07) is 5.39. The number of aromatic hydroxyl groups is 1. The average molecular weight is 255 g/mol. The molecule has 0 aliphatic carbocycles. The summed E-state index contributed by atoms with van der Waals surface area (Å²) in [5.74, 6) is 0.969. The van der Waals surface area contributed by atoms with Crippen LogP contribution < -0.4 is 10.1 Å². The van der Waals surface area contributed by atoms with Gasteiger partial charge in [-0.05, 0) is 25.3 Å². The summed E-state index contributed by atoms with van der Waals surface area (Å²) in [6.45, 7) is 3.88. The molecule has 96 valence electrons. The molecule has 0 bridgehead atoms. The quantitative estimate of drug-likeness (QED) is 0.735. The first-order valence-corrected chi connectivity index (χ1v) is 7.05. The Morgan fingerprint density at radius 1 is 1.47 bits per heavy atom. The molecule has 1 aromatic rings. The summed E-state index contributed by atoms with van der Waals surface area (Å²) in [4.78, 5) is 0. The van der Waals surface area contributed by atoms with Crippen molar-refractivity contribution in [3.05, 3.63) is 23.8 Å². The van der Waals surface area contributed by atoms with E-state index in [4.69, 9.17) is 4.74 Å². The largest absolute Gasteiger partial charge is 0.507 e. The van der Waals surface area contributed by atoms with Gasteiger partial charge in [-0.2, -0.15) is 11.8 Å². The molecule has 1 atom stereocenters. The van der Waals surface area contributed by atoms with Gasteiger partial charge < -0.3 is 15.2 Å². The number of benzene rings is 1. The third-order valence-electron chi connectivity index (χ3n) is 2.74. The lowest BCUT2D eigenvalue weighted by atomic mass is 10.2. The standard InChI is InChI=1S/C13H21NO2S/c1-10(17-3)6-7-14-9-11-4-5-12(16-2)8-13(11)15/h4-5,8,10,14-15H,6-7,9H2,1-3H3. The minimum atomic E-state index is 0.287. The van der Waals surface area contributed by atoms with E-state index in [0.29, 0.717) is 17.5 Å². The fraction of sp³-hybridized carbons (Fsp3) is 0.538. The minimum Gasteiger partial charge on any atom is -0.507 e. The zero-order valence-electron chi connectivity index (χ0n) is 10.7. The summed E-state index contributed by atoms with van der Waals surface area (Å²) in [5, 5.41) is 13.8. The van der Waals surface area contributed by atoms with Crippen molar-refractivity contribution in [3.8, 4) is 11.5 Å². The van der Waals surface area contributed by atoms with Gasteiger partial charge in [0.15, 0.2) is 0 Å². The SMILES string of the molecule is COc1ccc(CNCCC(C)SC)c(O)c1. The maximum Gasteiger partial charge on any atom is 0.123 e. The molecule has 1 unspecified atom stereocenters. The molecule has 0 radical (unpaired) electrons. The van der Waals surface area contributed by atoms with Crippen molar-refractivity contribution in [2.75, 3.05) is 19.9 Å². The summed E-state index contributed by atoms with van der Waals surface area (Å²) in [5.41, 5.74) is 0.905. The van der Waals surface area contributed by atoms with Gasteiger partial charge in [-0.25, -0.2) is 0 Å². The second-order valence-corrected chi connectivity index (χ2v) is 5.28. The van der Waals surface area contributed by atoms with Crippen molar-refractivity contribution in [2.24, 2.45) is 0 Å². The van der Waals surface area contributed by atoms with E-state index in [-0.39, 0.29) is 5.75 Å². The molecule has 0 amide bonds. The highest BCUT2D eigenvalue weighted by atomic mass is 32.2. The topological polar surface area (TPSA) is 41.5 Å². The molecule has 0 aromatic heterocycles. The monoisotopic (exact) mass is 255 g/mol. The van der Waals surface area contributed by atoms with Gasteiger partial charge in [-0.15, -0.1) is 0 Å².